The highest BCUT2D eigenvalue weighted by Gasteiger charge is 2.20. The zero-order chi connectivity index (χ0) is 17.0. The summed E-state index contributed by atoms with van der Waals surface area (Å²) in [6.45, 7) is 11.9. The Morgan fingerprint density at radius 3 is 2.72 bits per heavy atom. The molecule has 2 N–H and O–H groups in total. The molecule has 7 heteroatoms. The Hall–Kier alpha value is -0.120. The van der Waals surface area contributed by atoms with Gasteiger partial charge in [0.25, 0.3) is 0 Å². The summed E-state index contributed by atoms with van der Waals surface area (Å²) >= 11 is 0. The molecule has 2 fully saturated rings. The van der Waals surface area contributed by atoms with Crippen LogP contribution in [0.1, 0.15) is 46.0 Å². The van der Waals surface area contributed by atoms with E-state index in [4.69, 9.17) is 14.5 Å². The summed E-state index contributed by atoms with van der Waals surface area (Å²) < 4.78 is 11.1. The Morgan fingerprint density at radius 1 is 1.28 bits per heavy atom. The molecule has 0 aromatic rings. The van der Waals surface area contributed by atoms with Crippen molar-refractivity contribution in [2.75, 3.05) is 52.5 Å². The zero-order valence-electron chi connectivity index (χ0n) is 16.0. The number of nitrogens with zero attached hydrogens (tertiary/aromatic N) is 2. The molecule has 148 valence electrons. The molecule has 0 saturated carbocycles. The van der Waals surface area contributed by atoms with Crippen molar-refractivity contribution in [1.82, 2.24) is 15.5 Å². The number of likely N-dealkylation sites (tertiary alicyclic amines) is 1. The van der Waals surface area contributed by atoms with Gasteiger partial charge in [-0.15, -0.1) is 24.0 Å². The summed E-state index contributed by atoms with van der Waals surface area (Å²) in [4.78, 5) is 7.38. The first kappa shape index (κ1) is 22.9. The lowest BCUT2D eigenvalue weighted by Gasteiger charge is -2.25. The van der Waals surface area contributed by atoms with Crippen molar-refractivity contribution in [2.24, 2.45) is 4.99 Å². The van der Waals surface area contributed by atoms with Gasteiger partial charge in [0.1, 0.15) is 0 Å². The molecule has 0 bridgehead atoms. The predicted octanol–water partition coefficient (Wildman–Crippen LogP) is 2.23. The molecule has 0 aromatic heterocycles. The topological polar surface area (TPSA) is 58.1 Å². The maximum atomic E-state index is 5.80. The van der Waals surface area contributed by atoms with Crippen molar-refractivity contribution in [3.63, 3.8) is 0 Å². The first-order chi connectivity index (χ1) is 11.8. The Morgan fingerprint density at radius 2 is 2.08 bits per heavy atom. The minimum absolute atomic E-state index is 0. The molecular weight excluding hydrogens is 431 g/mol. The van der Waals surface area contributed by atoms with Crippen LogP contribution in [0.15, 0.2) is 4.99 Å². The number of halogens is 1. The quantitative estimate of drug-likeness (QED) is 0.223. The lowest BCUT2D eigenvalue weighted by molar-refractivity contribution is 0.0420. The molecule has 6 nitrogen and oxygen atoms in total. The van der Waals surface area contributed by atoms with Crippen molar-refractivity contribution in [3.8, 4) is 0 Å². The van der Waals surface area contributed by atoms with Crippen LogP contribution in [0.4, 0.5) is 0 Å². The van der Waals surface area contributed by atoms with Crippen molar-refractivity contribution >= 4 is 29.9 Å². The molecule has 0 aromatic carbocycles. The summed E-state index contributed by atoms with van der Waals surface area (Å²) in [5.41, 5.74) is 0. The van der Waals surface area contributed by atoms with Crippen LogP contribution in [0.3, 0.4) is 0 Å². The monoisotopic (exact) mass is 468 g/mol. The van der Waals surface area contributed by atoms with Crippen LogP contribution in [0.25, 0.3) is 0 Å². The molecule has 2 heterocycles. The molecule has 0 spiro atoms. The van der Waals surface area contributed by atoms with E-state index in [1.54, 1.807) is 0 Å². The first-order valence-electron chi connectivity index (χ1n) is 9.79. The zero-order valence-corrected chi connectivity index (χ0v) is 18.3. The molecule has 0 radical (unpaired) electrons. The van der Waals surface area contributed by atoms with Gasteiger partial charge < -0.3 is 20.1 Å². The summed E-state index contributed by atoms with van der Waals surface area (Å²) in [5.74, 6) is 0.930. The van der Waals surface area contributed by atoms with E-state index in [0.29, 0.717) is 12.1 Å². The predicted molar refractivity (Wildman–Crippen MR) is 114 cm³/mol. The van der Waals surface area contributed by atoms with Gasteiger partial charge in [-0.1, -0.05) is 6.92 Å². The van der Waals surface area contributed by atoms with E-state index in [1.165, 1.54) is 32.4 Å². The minimum Gasteiger partial charge on any atom is -0.379 e. The highest BCUT2D eigenvalue weighted by molar-refractivity contribution is 14.0. The molecule has 0 aliphatic carbocycles. The minimum atomic E-state index is 0. The van der Waals surface area contributed by atoms with Crippen molar-refractivity contribution in [2.45, 2.75) is 58.1 Å². The summed E-state index contributed by atoms with van der Waals surface area (Å²) in [6.07, 6.45) is 6.17. The summed E-state index contributed by atoms with van der Waals surface area (Å²) in [6, 6.07) is 0.577. The van der Waals surface area contributed by atoms with E-state index in [-0.39, 0.29) is 24.0 Å². The van der Waals surface area contributed by atoms with Gasteiger partial charge in [0.2, 0.25) is 0 Å². The number of rotatable bonds is 10. The Balaban J connectivity index is 0.00000312. The van der Waals surface area contributed by atoms with Crippen LogP contribution >= 0.6 is 24.0 Å². The number of nitrogens with one attached hydrogen (secondary N) is 2. The third-order valence-electron chi connectivity index (χ3n) is 4.79. The molecular formula is C18H37IN4O2. The third kappa shape index (κ3) is 8.88. The normalized spacial score (nSPS) is 22.6. The van der Waals surface area contributed by atoms with Crippen LogP contribution in [0.5, 0.6) is 0 Å². The van der Waals surface area contributed by atoms with Crippen LogP contribution < -0.4 is 10.6 Å². The largest absolute Gasteiger partial charge is 0.379 e. The standard InChI is InChI=1S/C18H36N4O2.HI/c1-3-16(22-10-5-6-11-22)14-21-18(19-4-2)20-9-7-12-24-17-8-13-23-15-17;/h16-17H,3-15H2,1-2H3,(H2,19,20,21);1H. The van der Waals surface area contributed by atoms with E-state index < -0.39 is 0 Å². The Bertz CT molecular complexity index is 359. The molecule has 25 heavy (non-hydrogen) atoms. The fraction of sp³-hybridized carbons (Fsp3) is 0.944. The molecule has 2 aliphatic rings. The summed E-state index contributed by atoms with van der Waals surface area (Å²) in [5, 5.41) is 6.77. The first-order valence-corrected chi connectivity index (χ1v) is 9.79. The number of hydrogen-bond donors (Lipinski definition) is 2. The number of aliphatic imine (C=N–C) groups is 1. The van der Waals surface area contributed by atoms with Crippen molar-refractivity contribution in [1.29, 1.82) is 0 Å². The SMILES string of the molecule is CCNC(=NCC(CC)N1CCCC1)NCCCOC1CCOC1.I. The van der Waals surface area contributed by atoms with Crippen LogP contribution in [-0.2, 0) is 9.47 Å². The van der Waals surface area contributed by atoms with Gasteiger partial charge in [0, 0.05) is 32.3 Å². The van der Waals surface area contributed by atoms with Gasteiger partial charge in [-0.2, -0.15) is 0 Å². The molecule has 0 amide bonds. The number of ether oxygens (including phenoxy) is 2. The average Bonchev–Trinajstić information content (AvgIpc) is 3.28. The second kappa shape index (κ2) is 14.0. The smallest absolute Gasteiger partial charge is 0.191 e. The maximum Gasteiger partial charge on any atom is 0.191 e. The fourth-order valence-corrected chi connectivity index (χ4v) is 3.32. The van der Waals surface area contributed by atoms with Gasteiger partial charge in [-0.25, -0.2) is 0 Å². The second-order valence-corrected chi connectivity index (χ2v) is 6.66. The third-order valence-corrected chi connectivity index (χ3v) is 4.79. The highest BCUT2D eigenvalue weighted by Crippen LogP contribution is 2.14. The van der Waals surface area contributed by atoms with E-state index >= 15 is 0 Å². The van der Waals surface area contributed by atoms with Gasteiger partial charge in [-0.05, 0) is 52.1 Å². The lowest BCUT2D eigenvalue weighted by atomic mass is 10.2. The summed E-state index contributed by atoms with van der Waals surface area (Å²) in [7, 11) is 0. The van der Waals surface area contributed by atoms with E-state index in [9.17, 15) is 0 Å². The maximum absolute atomic E-state index is 5.80. The Labute approximate surface area is 170 Å². The van der Waals surface area contributed by atoms with Gasteiger partial charge >= 0.3 is 0 Å². The van der Waals surface area contributed by atoms with Crippen LogP contribution in [0.2, 0.25) is 0 Å². The molecule has 2 unspecified atom stereocenters. The molecule has 2 atom stereocenters. The van der Waals surface area contributed by atoms with Gasteiger partial charge in [0.05, 0.1) is 19.3 Å². The lowest BCUT2D eigenvalue weighted by Crippen LogP contribution is -2.40. The van der Waals surface area contributed by atoms with Crippen LogP contribution in [0, 0.1) is 0 Å². The molecule has 2 aliphatic heterocycles. The van der Waals surface area contributed by atoms with E-state index in [2.05, 4.69) is 29.4 Å². The highest BCUT2D eigenvalue weighted by atomic mass is 127. The fourth-order valence-electron chi connectivity index (χ4n) is 3.32. The van der Waals surface area contributed by atoms with E-state index in [1.807, 2.05) is 0 Å². The molecule has 2 saturated heterocycles. The van der Waals surface area contributed by atoms with Crippen LogP contribution in [-0.4, -0.2) is 75.5 Å². The van der Waals surface area contributed by atoms with E-state index in [0.717, 1.165) is 58.3 Å². The average molecular weight is 468 g/mol. The molecule has 2 rings (SSSR count). The number of guanidine groups is 1. The van der Waals surface area contributed by atoms with Crippen molar-refractivity contribution in [3.05, 3.63) is 0 Å². The second-order valence-electron chi connectivity index (χ2n) is 6.66. The van der Waals surface area contributed by atoms with Gasteiger partial charge in [-0.3, -0.25) is 9.89 Å². The van der Waals surface area contributed by atoms with Crippen molar-refractivity contribution < 1.29 is 9.47 Å². The van der Waals surface area contributed by atoms with Gasteiger partial charge in [0.15, 0.2) is 5.96 Å². The Kier molecular flexibility index (Phi) is 12.8. The number of hydrogen-bond acceptors (Lipinski definition) is 4.